The minimum atomic E-state index is -0.335. The van der Waals surface area contributed by atoms with Crippen LogP contribution in [-0.4, -0.2) is 18.3 Å². The molecule has 0 amide bonds. The molecule has 1 saturated heterocycles. The number of hydrogen-bond acceptors (Lipinski definition) is 3. The van der Waals surface area contributed by atoms with E-state index >= 15 is 0 Å². The van der Waals surface area contributed by atoms with Gasteiger partial charge in [-0.05, 0) is 76.3 Å². The van der Waals surface area contributed by atoms with Crippen LogP contribution in [0.1, 0.15) is 54.4 Å². The van der Waals surface area contributed by atoms with E-state index in [4.69, 9.17) is 9.31 Å². The lowest BCUT2D eigenvalue weighted by molar-refractivity contribution is 0.00578. The zero-order valence-electron chi connectivity index (χ0n) is 19.2. The van der Waals surface area contributed by atoms with Crippen molar-refractivity contribution in [3.05, 3.63) is 78.5 Å². The highest BCUT2D eigenvalue weighted by Crippen LogP contribution is 2.37. The largest absolute Gasteiger partial charge is 0.494 e. The number of benzene rings is 2. The van der Waals surface area contributed by atoms with Crippen molar-refractivity contribution in [2.45, 2.75) is 65.6 Å². The van der Waals surface area contributed by atoms with Gasteiger partial charge in [-0.25, -0.2) is 0 Å². The molecule has 0 unspecified atom stereocenters. The van der Waals surface area contributed by atoms with Crippen molar-refractivity contribution >= 4 is 24.0 Å². The Balaban J connectivity index is 0.00000124. The molecule has 0 atom stereocenters. The van der Waals surface area contributed by atoms with E-state index in [1.807, 2.05) is 19.9 Å². The molecule has 1 aliphatic carbocycles. The summed E-state index contributed by atoms with van der Waals surface area (Å²) in [6.45, 7) is 12.3. The Labute approximate surface area is 182 Å². The summed E-state index contributed by atoms with van der Waals surface area (Å²) in [7, 11) is -0.335. The van der Waals surface area contributed by atoms with Gasteiger partial charge in [-0.2, -0.15) is 0 Å². The summed E-state index contributed by atoms with van der Waals surface area (Å²) in [6.07, 6.45) is 8.92. The van der Waals surface area contributed by atoms with Crippen LogP contribution in [0, 0.1) is 0 Å². The van der Waals surface area contributed by atoms with Gasteiger partial charge < -0.3 is 14.2 Å². The highest BCUT2D eigenvalue weighted by atomic mass is 16.7. The van der Waals surface area contributed by atoms with E-state index in [1.165, 1.54) is 5.70 Å². The van der Waals surface area contributed by atoms with Crippen LogP contribution in [0.2, 0.25) is 0 Å². The highest BCUT2D eigenvalue weighted by Gasteiger charge is 2.51. The average molecular weight is 403 g/mol. The van der Waals surface area contributed by atoms with Gasteiger partial charge in [0, 0.05) is 17.1 Å². The minimum Gasteiger partial charge on any atom is -0.399 e. The Kier molecular flexibility index (Phi) is 6.89. The predicted octanol–water partition coefficient (Wildman–Crippen LogP) is 6.38. The van der Waals surface area contributed by atoms with Crippen molar-refractivity contribution in [3.63, 3.8) is 0 Å². The smallest absolute Gasteiger partial charge is 0.399 e. The number of rotatable bonds is 4. The van der Waals surface area contributed by atoms with E-state index < -0.39 is 0 Å². The van der Waals surface area contributed by atoms with Gasteiger partial charge in [0.25, 0.3) is 0 Å². The van der Waals surface area contributed by atoms with Crippen LogP contribution in [0.3, 0.4) is 0 Å². The predicted molar refractivity (Wildman–Crippen MR) is 129 cm³/mol. The Morgan fingerprint density at radius 2 is 1.33 bits per heavy atom. The first-order valence-electron chi connectivity index (χ1n) is 11.0. The summed E-state index contributed by atoms with van der Waals surface area (Å²) < 4.78 is 12.4. The summed E-state index contributed by atoms with van der Waals surface area (Å²) in [4.78, 5) is 2.30. The first-order valence-corrected chi connectivity index (χ1v) is 11.0. The lowest BCUT2D eigenvalue weighted by Gasteiger charge is -2.32. The van der Waals surface area contributed by atoms with Gasteiger partial charge in [-0.15, -0.1) is 0 Å². The molecule has 2 aromatic carbocycles. The fourth-order valence-corrected chi connectivity index (χ4v) is 3.55. The van der Waals surface area contributed by atoms with Gasteiger partial charge >= 0.3 is 7.12 Å². The third-order valence-electron chi connectivity index (χ3n) is 5.92. The molecule has 4 rings (SSSR count). The van der Waals surface area contributed by atoms with E-state index in [9.17, 15) is 0 Å². The number of allylic oxidation sites excluding steroid dienone is 3. The molecule has 0 aromatic heterocycles. The molecule has 1 fully saturated rings. The first-order chi connectivity index (χ1) is 14.4. The van der Waals surface area contributed by atoms with Gasteiger partial charge in [-0.1, -0.05) is 56.3 Å². The average Bonchev–Trinajstić information content (AvgIpc) is 2.99. The quantitative estimate of drug-likeness (QED) is 0.553. The highest BCUT2D eigenvalue weighted by molar-refractivity contribution is 6.62. The molecule has 0 saturated carbocycles. The summed E-state index contributed by atoms with van der Waals surface area (Å²) in [5, 5.41) is 0. The fourth-order valence-electron chi connectivity index (χ4n) is 3.55. The number of para-hydroxylation sites is 1. The van der Waals surface area contributed by atoms with E-state index in [1.54, 1.807) is 0 Å². The van der Waals surface area contributed by atoms with E-state index in [0.29, 0.717) is 0 Å². The van der Waals surface area contributed by atoms with E-state index in [-0.39, 0.29) is 18.3 Å². The third-order valence-corrected chi connectivity index (χ3v) is 5.92. The molecule has 158 valence electrons. The van der Waals surface area contributed by atoms with Crippen LogP contribution < -0.4 is 10.4 Å². The van der Waals surface area contributed by atoms with E-state index in [0.717, 1.165) is 29.7 Å². The molecule has 0 radical (unpaired) electrons. The zero-order valence-corrected chi connectivity index (χ0v) is 19.2. The topological polar surface area (TPSA) is 21.7 Å². The summed E-state index contributed by atoms with van der Waals surface area (Å²) in [5.74, 6) is 0. The fraction of sp³-hybridized carbons (Fsp3) is 0.385. The number of nitrogens with zero attached hydrogens (tertiary/aromatic N) is 1. The molecule has 0 N–H and O–H groups in total. The summed E-state index contributed by atoms with van der Waals surface area (Å²) >= 11 is 0. The molecule has 3 nitrogen and oxygen atoms in total. The van der Waals surface area contributed by atoms with Gasteiger partial charge in [0.1, 0.15) is 0 Å². The van der Waals surface area contributed by atoms with Crippen LogP contribution >= 0.6 is 0 Å². The Bertz CT molecular complexity index is 869. The maximum atomic E-state index is 6.19. The van der Waals surface area contributed by atoms with Crippen LogP contribution in [0.25, 0.3) is 0 Å². The van der Waals surface area contributed by atoms with Crippen LogP contribution in [0.5, 0.6) is 0 Å². The number of anilines is 2. The second-order valence-electron chi connectivity index (χ2n) is 8.46. The minimum absolute atomic E-state index is 0.329. The molecular weight excluding hydrogens is 369 g/mol. The molecule has 1 heterocycles. The van der Waals surface area contributed by atoms with Gasteiger partial charge in [0.15, 0.2) is 0 Å². The van der Waals surface area contributed by atoms with Gasteiger partial charge in [0.05, 0.1) is 11.2 Å². The van der Waals surface area contributed by atoms with Gasteiger partial charge in [-0.3, -0.25) is 0 Å². The maximum absolute atomic E-state index is 6.19. The van der Waals surface area contributed by atoms with Crippen LogP contribution in [0.15, 0.2) is 78.5 Å². The van der Waals surface area contributed by atoms with Crippen molar-refractivity contribution in [1.29, 1.82) is 0 Å². The monoisotopic (exact) mass is 403 g/mol. The van der Waals surface area contributed by atoms with Gasteiger partial charge in [0.2, 0.25) is 0 Å². The molecule has 1 aliphatic heterocycles. The lowest BCUT2D eigenvalue weighted by atomic mass is 9.79. The molecule has 2 aliphatic rings. The van der Waals surface area contributed by atoms with Crippen molar-refractivity contribution in [1.82, 2.24) is 0 Å². The summed E-state index contributed by atoms with van der Waals surface area (Å²) in [5.41, 5.74) is 3.88. The second kappa shape index (κ2) is 9.24. The Morgan fingerprint density at radius 3 is 1.87 bits per heavy atom. The van der Waals surface area contributed by atoms with E-state index in [2.05, 4.69) is 99.4 Å². The molecule has 0 spiro atoms. The Morgan fingerprint density at radius 1 is 0.767 bits per heavy atom. The van der Waals surface area contributed by atoms with Crippen molar-refractivity contribution in [3.8, 4) is 0 Å². The SMILES string of the molecule is CC.CC1(C)OB(c2ccc(N(C3=CCCC=C3)c3ccccc3)cc2)OC1(C)C. The number of hydrogen-bond donors (Lipinski definition) is 0. The normalized spacial score (nSPS) is 19.0. The molecule has 4 heteroatoms. The van der Waals surface area contributed by atoms with Crippen molar-refractivity contribution in [2.24, 2.45) is 0 Å². The standard InChI is InChI=1S/C24H28BNO2.C2H6/c1-23(2)24(3,4)28-25(27-23)19-15-17-22(18-16-19)26(20-11-7-5-8-12-20)21-13-9-6-10-14-21;1-2/h5,7-9,11-18H,6,10H2,1-4H3;1-2H3. The third kappa shape index (κ3) is 4.55. The molecule has 2 aromatic rings. The summed E-state index contributed by atoms with van der Waals surface area (Å²) in [6, 6.07) is 19.0. The lowest BCUT2D eigenvalue weighted by Crippen LogP contribution is -2.41. The second-order valence-corrected chi connectivity index (χ2v) is 8.46. The van der Waals surface area contributed by atoms with Crippen molar-refractivity contribution in [2.75, 3.05) is 4.90 Å². The molecule has 30 heavy (non-hydrogen) atoms. The maximum Gasteiger partial charge on any atom is 0.494 e. The first kappa shape index (κ1) is 22.4. The van der Waals surface area contributed by atoms with Crippen LogP contribution in [-0.2, 0) is 9.31 Å². The Hall–Kier alpha value is -2.30. The van der Waals surface area contributed by atoms with Crippen molar-refractivity contribution < 1.29 is 9.31 Å². The van der Waals surface area contributed by atoms with Crippen LogP contribution in [0.4, 0.5) is 11.4 Å². The molecular formula is C26H34BNO2. The zero-order chi connectivity index (χ0) is 21.8. The molecule has 0 bridgehead atoms.